The molecule has 0 spiro atoms. The van der Waals surface area contributed by atoms with Gasteiger partial charge < -0.3 is 4.74 Å². The number of esters is 1. The molecule has 0 aromatic carbocycles. The molecule has 0 aliphatic rings. The fraction of sp³-hybridized carbons (Fsp3) is 0.571. The maximum atomic E-state index is 13.7. The molecule has 0 bridgehead atoms. The first-order chi connectivity index (χ1) is 9.29. The van der Waals surface area contributed by atoms with Gasteiger partial charge in [-0.3, -0.25) is 9.78 Å². The highest BCUT2D eigenvalue weighted by Crippen LogP contribution is 2.49. The number of rotatable bonds is 5. The number of nitrogens with zero attached hydrogens (tertiary/aromatic N) is 1. The van der Waals surface area contributed by atoms with Crippen molar-refractivity contribution < 1.29 is 22.7 Å². The van der Waals surface area contributed by atoms with Gasteiger partial charge in [-0.25, -0.2) is 0 Å². The van der Waals surface area contributed by atoms with Crippen LogP contribution in [0.2, 0.25) is 0 Å². The summed E-state index contributed by atoms with van der Waals surface area (Å²) in [6, 6.07) is 4.22. The maximum Gasteiger partial charge on any atom is 0.434 e. The molecular weight excluding hydrogens is 271 g/mol. The highest BCUT2D eigenvalue weighted by atomic mass is 19.4. The number of pyridine rings is 1. The Labute approximate surface area is 116 Å². The third kappa shape index (κ3) is 2.94. The van der Waals surface area contributed by atoms with E-state index in [1.165, 1.54) is 24.4 Å². The molecule has 0 radical (unpaired) electrons. The Balaban J connectivity index is 3.53. The van der Waals surface area contributed by atoms with Crippen molar-refractivity contribution in [2.45, 2.75) is 45.4 Å². The zero-order valence-electron chi connectivity index (χ0n) is 11.7. The van der Waals surface area contributed by atoms with Crippen LogP contribution in [-0.4, -0.2) is 17.1 Å². The molecule has 0 saturated heterocycles. The van der Waals surface area contributed by atoms with E-state index in [1.807, 2.05) is 0 Å². The van der Waals surface area contributed by atoms with Gasteiger partial charge >= 0.3 is 12.1 Å². The predicted octanol–water partition coefficient (Wildman–Crippen LogP) is 3.84. The van der Waals surface area contributed by atoms with Gasteiger partial charge in [-0.1, -0.05) is 19.9 Å². The molecule has 0 fully saturated rings. The van der Waals surface area contributed by atoms with E-state index in [1.54, 1.807) is 13.8 Å². The minimum absolute atomic E-state index is 0.222. The second-order valence-electron chi connectivity index (χ2n) is 4.56. The van der Waals surface area contributed by atoms with Crippen LogP contribution in [0.25, 0.3) is 0 Å². The van der Waals surface area contributed by atoms with Crippen molar-refractivity contribution in [1.29, 1.82) is 0 Å². The Morgan fingerprint density at radius 2 is 1.90 bits per heavy atom. The van der Waals surface area contributed by atoms with Crippen LogP contribution in [0, 0.1) is 5.92 Å². The average molecular weight is 289 g/mol. The van der Waals surface area contributed by atoms with Gasteiger partial charge in [-0.15, -0.1) is 0 Å². The minimum atomic E-state index is -4.73. The molecule has 1 unspecified atom stereocenters. The van der Waals surface area contributed by atoms with Gasteiger partial charge in [-0.2, -0.15) is 13.2 Å². The summed E-state index contributed by atoms with van der Waals surface area (Å²) in [5, 5.41) is 0. The lowest BCUT2D eigenvalue weighted by molar-refractivity contribution is -0.296. The Bertz CT molecular complexity index is 443. The Morgan fingerprint density at radius 3 is 2.25 bits per heavy atom. The van der Waals surface area contributed by atoms with Crippen molar-refractivity contribution >= 4 is 5.97 Å². The molecule has 1 heterocycles. The van der Waals surface area contributed by atoms with Crippen molar-refractivity contribution in [3.8, 4) is 0 Å². The number of alkyl halides is 3. The summed E-state index contributed by atoms with van der Waals surface area (Å²) in [6.45, 7) is 4.26. The zero-order valence-corrected chi connectivity index (χ0v) is 11.7. The lowest BCUT2D eigenvalue weighted by Gasteiger charge is -2.40. The van der Waals surface area contributed by atoms with Gasteiger partial charge in [0.05, 0.1) is 5.69 Å². The van der Waals surface area contributed by atoms with E-state index in [-0.39, 0.29) is 18.5 Å². The third-order valence-electron chi connectivity index (χ3n) is 3.33. The monoisotopic (exact) mass is 289 g/mol. The van der Waals surface area contributed by atoms with E-state index in [9.17, 15) is 18.0 Å². The topological polar surface area (TPSA) is 39.2 Å². The van der Waals surface area contributed by atoms with Crippen molar-refractivity contribution in [3.63, 3.8) is 0 Å². The summed E-state index contributed by atoms with van der Waals surface area (Å²) >= 11 is 0. The number of hydrogen-bond acceptors (Lipinski definition) is 3. The number of halogens is 3. The van der Waals surface area contributed by atoms with Crippen LogP contribution in [0.5, 0.6) is 0 Å². The van der Waals surface area contributed by atoms with E-state index in [0.717, 1.165) is 6.92 Å². The summed E-state index contributed by atoms with van der Waals surface area (Å²) in [5.41, 5.74) is -2.97. The van der Waals surface area contributed by atoms with Gasteiger partial charge in [0.25, 0.3) is 5.60 Å². The minimum Gasteiger partial charge on any atom is -0.443 e. The van der Waals surface area contributed by atoms with Crippen LogP contribution >= 0.6 is 0 Å². The Kier molecular flexibility index (Phi) is 5.14. The van der Waals surface area contributed by atoms with Crippen molar-refractivity contribution in [1.82, 2.24) is 4.98 Å². The first kappa shape index (κ1) is 16.5. The number of hydrogen-bond donors (Lipinski definition) is 0. The molecule has 0 amide bonds. The molecule has 20 heavy (non-hydrogen) atoms. The highest BCUT2D eigenvalue weighted by Gasteiger charge is 2.63. The molecule has 0 saturated carbocycles. The van der Waals surface area contributed by atoms with Gasteiger partial charge in [0.1, 0.15) is 0 Å². The molecule has 6 heteroatoms. The van der Waals surface area contributed by atoms with Crippen molar-refractivity contribution in [3.05, 3.63) is 30.1 Å². The average Bonchev–Trinajstić information content (AvgIpc) is 2.38. The van der Waals surface area contributed by atoms with Crippen LogP contribution in [0.3, 0.4) is 0 Å². The number of aromatic nitrogens is 1. The van der Waals surface area contributed by atoms with Gasteiger partial charge in [-0.05, 0) is 25.0 Å². The quantitative estimate of drug-likeness (QED) is 0.773. The molecule has 1 aromatic rings. The summed E-state index contributed by atoms with van der Waals surface area (Å²) in [7, 11) is 0. The molecule has 1 aromatic heterocycles. The van der Waals surface area contributed by atoms with Crippen LogP contribution in [0.1, 0.15) is 39.3 Å². The summed E-state index contributed by atoms with van der Waals surface area (Å²) in [4.78, 5) is 15.1. The molecule has 0 N–H and O–H groups in total. The van der Waals surface area contributed by atoms with E-state index in [0.29, 0.717) is 0 Å². The fourth-order valence-electron chi connectivity index (χ4n) is 2.45. The van der Waals surface area contributed by atoms with Crippen LogP contribution in [0.15, 0.2) is 24.4 Å². The first-order valence-corrected chi connectivity index (χ1v) is 6.47. The summed E-state index contributed by atoms with van der Waals surface area (Å²) in [5.74, 6) is -1.86. The van der Waals surface area contributed by atoms with E-state index < -0.39 is 23.7 Å². The maximum absolute atomic E-state index is 13.7. The molecule has 3 nitrogen and oxygen atoms in total. The molecule has 1 rings (SSSR count). The van der Waals surface area contributed by atoms with Gasteiger partial charge in [0, 0.05) is 19.0 Å². The lowest BCUT2D eigenvalue weighted by atomic mass is 9.79. The van der Waals surface area contributed by atoms with Crippen LogP contribution < -0.4 is 0 Å². The molecular formula is C14H18F3NO2. The summed E-state index contributed by atoms with van der Waals surface area (Å²) < 4.78 is 46.0. The van der Waals surface area contributed by atoms with Gasteiger partial charge in [0.15, 0.2) is 0 Å². The smallest absolute Gasteiger partial charge is 0.434 e. The first-order valence-electron chi connectivity index (χ1n) is 6.47. The lowest BCUT2D eigenvalue weighted by Crippen LogP contribution is -2.52. The second-order valence-corrected chi connectivity index (χ2v) is 4.56. The Morgan fingerprint density at radius 1 is 1.30 bits per heavy atom. The standard InChI is InChI=1S/C14H18F3NO2/c1-4-11(5-2)13(14(15,16)17,20-10(3)19)12-8-6-7-9-18-12/h6-9,11H,4-5H2,1-3H3. The number of carbonyl (C=O) groups excluding carboxylic acids is 1. The van der Waals surface area contributed by atoms with Gasteiger partial charge in [0.2, 0.25) is 0 Å². The molecule has 0 aliphatic heterocycles. The molecule has 112 valence electrons. The highest BCUT2D eigenvalue weighted by molar-refractivity contribution is 5.67. The SMILES string of the molecule is CCC(CC)C(OC(C)=O)(c1ccccn1)C(F)(F)F. The number of ether oxygens (including phenoxy) is 1. The van der Waals surface area contributed by atoms with E-state index in [4.69, 9.17) is 4.74 Å². The van der Waals surface area contributed by atoms with Crippen LogP contribution in [-0.2, 0) is 15.1 Å². The number of carbonyl (C=O) groups is 1. The zero-order chi connectivity index (χ0) is 15.4. The second kappa shape index (κ2) is 6.24. The normalized spacial score (nSPS) is 14.9. The molecule has 1 atom stereocenters. The predicted molar refractivity (Wildman–Crippen MR) is 67.8 cm³/mol. The van der Waals surface area contributed by atoms with Crippen LogP contribution in [0.4, 0.5) is 13.2 Å². The Hall–Kier alpha value is -1.59. The third-order valence-corrected chi connectivity index (χ3v) is 3.33. The fourth-order valence-corrected chi connectivity index (χ4v) is 2.45. The largest absolute Gasteiger partial charge is 0.443 e. The molecule has 0 aliphatic carbocycles. The van der Waals surface area contributed by atoms with E-state index in [2.05, 4.69) is 4.98 Å². The van der Waals surface area contributed by atoms with Crippen molar-refractivity contribution in [2.24, 2.45) is 5.92 Å². The van der Waals surface area contributed by atoms with E-state index >= 15 is 0 Å². The van der Waals surface area contributed by atoms with Crippen molar-refractivity contribution in [2.75, 3.05) is 0 Å². The summed E-state index contributed by atoms with van der Waals surface area (Å²) in [6.07, 6.45) is -3.02.